The van der Waals surface area contributed by atoms with Crippen molar-refractivity contribution >= 4 is 39.2 Å². The first-order valence-electron chi connectivity index (χ1n) is 9.63. The van der Waals surface area contributed by atoms with E-state index in [1.165, 1.54) is 0 Å². The molecule has 1 aromatic carbocycles. The Morgan fingerprint density at radius 3 is 2.93 bits per heavy atom. The summed E-state index contributed by atoms with van der Waals surface area (Å²) in [6.45, 7) is 3.58. The summed E-state index contributed by atoms with van der Waals surface area (Å²) in [7, 11) is 0. The number of H-pyrrole nitrogens is 1. The lowest BCUT2D eigenvalue weighted by Crippen LogP contribution is -2.44. The Morgan fingerprint density at radius 1 is 1.36 bits per heavy atom. The fourth-order valence-electron chi connectivity index (χ4n) is 4.61. The first kappa shape index (κ1) is 17.7. The van der Waals surface area contributed by atoms with Gasteiger partial charge in [0.1, 0.15) is 11.9 Å². The fraction of sp³-hybridized carbons (Fsp3) is 0.429. The molecule has 1 aliphatic heterocycles. The number of nitrogens with zero attached hydrogens (tertiary/aromatic N) is 2. The average molecular weight is 397 g/mol. The van der Waals surface area contributed by atoms with Gasteiger partial charge in [-0.25, -0.2) is 4.98 Å². The van der Waals surface area contributed by atoms with Gasteiger partial charge in [0.2, 0.25) is 0 Å². The molecule has 1 aliphatic carbocycles. The molecule has 28 heavy (non-hydrogen) atoms. The zero-order valence-corrected chi connectivity index (χ0v) is 16.3. The van der Waals surface area contributed by atoms with Crippen molar-refractivity contribution in [2.75, 3.05) is 18.5 Å². The Bertz CT molecular complexity index is 1100. The number of nitriles is 1. The second kappa shape index (κ2) is 6.63. The van der Waals surface area contributed by atoms with Crippen molar-refractivity contribution in [2.45, 2.75) is 38.0 Å². The molecule has 0 amide bonds. The zero-order chi connectivity index (χ0) is 19.3. The molecule has 2 atom stereocenters. The normalized spacial score (nSPS) is 24.0. The molecule has 0 bridgehead atoms. The van der Waals surface area contributed by atoms with E-state index >= 15 is 0 Å². The highest BCUT2D eigenvalue weighted by Gasteiger charge is 2.43. The van der Waals surface area contributed by atoms with Crippen molar-refractivity contribution in [1.82, 2.24) is 9.97 Å². The number of nitrogens with one attached hydrogen (secondary N) is 2. The zero-order valence-electron chi connectivity index (χ0n) is 15.6. The third-order valence-corrected chi connectivity index (χ3v) is 6.24. The van der Waals surface area contributed by atoms with Crippen molar-refractivity contribution in [3.63, 3.8) is 0 Å². The van der Waals surface area contributed by atoms with Gasteiger partial charge < -0.3 is 19.8 Å². The first-order chi connectivity index (χ1) is 13.6. The molecule has 1 spiro atoms. The van der Waals surface area contributed by atoms with E-state index in [0.29, 0.717) is 29.7 Å². The van der Waals surface area contributed by atoms with Gasteiger partial charge in [-0.1, -0.05) is 24.6 Å². The van der Waals surface area contributed by atoms with Crippen LogP contribution in [0.15, 0.2) is 24.4 Å². The van der Waals surface area contributed by atoms with E-state index in [9.17, 15) is 5.26 Å². The van der Waals surface area contributed by atoms with E-state index in [4.69, 9.17) is 21.1 Å². The minimum atomic E-state index is -0.400. The second-order valence-corrected chi connectivity index (χ2v) is 8.21. The number of hydrogen-bond acceptors (Lipinski definition) is 5. The van der Waals surface area contributed by atoms with Crippen LogP contribution >= 0.6 is 11.6 Å². The van der Waals surface area contributed by atoms with Gasteiger partial charge in [-0.2, -0.15) is 5.26 Å². The summed E-state index contributed by atoms with van der Waals surface area (Å²) in [5.74, 6) is 0.769. The molecule has 3 heterocycles. The van der Waals surface area contributed by atoms with E-state index in [1.807, 2.05) is 18.2 Å². The maximum atomic E-state index is 9.50. The highest BCUT2D eigenvalue weighted by atomic mass is 35.5. The Balaban J connectivity index is 1.53. The van der Waals surface area contributed by atoms with Crippen LogP contribution in [0.5, 0.6) is 0 Å². The lowest BCUT2D eigenvalue weighted by molar-refractivity contribution is -0.186. The molecule has 1 saturated heterocycles. The summed E-state index contributed by atoms with van der Waals surface area (Å²) >= 11 is 6.15. The molecule has 2 aromatic heterocycles. The van der Waals surface area contributed by atoms with Crippen LogP contribution in [0.3, 0.4) is 0 Å². The molecule has 1 saturated carbocycles. The van der Waals surface area contributed by atoms with Crippen LogP contribution in [-0.4, -0.2) is 35.0 Å². The lowest BCUT2D eigenvalue weighted by Gasteiger charge is -2.40. The predicted octanol–water partition coefficient (Wildman–Crippen LogP) is 4.58. The SMILES string of the molecule is C[C@@H]1CC2(CCC1Nc1ncc(C#N)c3[nH]c4cc(Cl)ccc4c13)OCCO2. The van der Waals surface area contributed by atoms with E-state index in [0.717, 1.165) is 46.9 Å². The van der Waals surface area contributed by atoms with Crippen LogP contribution in [0.25, 0.3) is 21.8 Å². The second-order valence-electron chi connectivity index (χ2n) is 7.78. The van der Waals surface area contributed by atoms with Crippen LogP contribution in [-0.2, 0) is 9.47 Å². The molecule has 2 fully saturated rings. The van der Waals surface area contributed by atoms with Gasteiger partial charge in [0.25, 0.3) is 0 Å². The predicted molar refractivity (Wildman–Crippen MR) is 108 cm³/mol. The van der Waals surface area contributed by atoms with Gasteiger partial charge in [0.15, 0.2) is 5.79 Å². The number of fused-ring (bicyclic) bond motifs is 3. The number of aromatic amines is 1. The summed E-state index contributed by atoms with van der Waals surface area (Å²) in [5, 5.41) is 15.7. The molecule has 2 aliphatic rings. The standard InChI is InChI=1S/C21H21ClN4O2/c1-12-9-21(27-6-7-28-21)5-4-16(12)26-20-18-15-3-2-14(22)8-17(15)25-19(18)13(10-23)11-24-20/h2-3,8,11-12,16,25H,4-7,9H2,1H3,(H,24,26)/t12-,16?/m1/s1. The molecule has 144 valence electrons. The topological polar surface area (TPSA) is 83.0 Å². The van der Waals surface area contributed by atoms with Crippen LogP contribution in [0.4, 0.5) is 5.82 Å². The largest absolute Gasteiger partial charge is 0.366 e. The quantitative estimate of drug-likeness (QED) is 0.662. The maximum Gasteiger partial charge on any atom is 0.168 e. The number of ether oxygens (including phenoxy) is 2. The number of benzene rings is 1. The first-order valence-corrected chi connectivity index (χ1v) is 10.0. The average Bonchev–Trinajstić information content (AvgIpc) is 3.28. The Kier molecular flexibility index (Phi) is 4.20. The van der Waals surface area contributed by atoms with Gasteiger partial charge in [-0.15, -0.1) is 0 Å². The molecule has 7 heteroatoms. The summed E-state index contributed by atoms with van der Waals surface area (Å²) in [6.07, 6.45) is 4.31. The Morgan fingerprint density at radius 2 is 2.18 bits per heavy atom. The Hall–Kier alpha value is -2.33. The summed E-state index contributed by atoms with van der Waals surface area (Å²) < 4.78 is 11.8. The fourth-order valence-corrected chi connectivity index (χ4v) is 4.79. The van der Waals surface area contributed by atoms with Crippen molar-refractivity contribution in [3.05, 3.63) is 35.0 Å². The molecule has 1 unspecified atom stereocenters. The van der Waals surface area contributed by atoms with E-state index in [1.54, 1.807) is 6.20 Å². The molecular weight excluding hydrogens is 376 g/mol. The van der Waals surface area contributed by atoms with Crippen LogP contribution in [0.2, 0.25) is 5.02 Å². The van der Waals surface area contributed by atoms with Crippen molar-refractivity contribution < 1.29 is 9.47 Å². The summed E-state index contributed by atoms with van der Waals surface area (Å²) in [6, 6.07) is 8.21. The third kappa shape index (κ3) is 2.82. The monoisotopic (exact) mass is 396 g/mol. The van der Waals surface area contributed by atoms with Crippen molar-refractivity contribution in [1.29, 1.82) is 5.26 Å². The van der Waals surface area contributed by atoms with Gasteiger partial charge in [0.05, 0.1) is 29.7 Å². The molecule has 2 N–H and O–H groups in total. The van der Waals surface area contributed by atoms with Crippen LogP contribution < -0.4 is 5.32 Å². The highest BCUT2D eigenvalue weighted by molar-refractivity contribution is 6.31. The summed E-state index contributed by atoms with van der Waals surface area (Å²) in [5.41, 5.74) is 2.22. The molecule has 5 rings (SSSR count). The number of halogens is 1. The minimum Gasteiger partial charge on any atom is -0.366 e. The van der Waals surface area contributed by atoms with Gasteiger partial charge in [-0.05, 0) is 24.5 Å². The molecule has 6 nitrogen and oxygen atoms in total. The summed E-state index contributed by atoms with van der Waals surface area (Å²) in [4.78, 5) is 7.93. The van der Waals surface area contributed by atoms with Crippen LogP contribution in [0.1, 0.15) is 31.7 Å². The number of aromatic nitrogens is 2. The smallest absolute Gasteiger partial charge is 0.168 e. The number of rotatable bonds is 2. The highest BCUT2D eigenvalue weighted by Crippen LogP contribution is 2.41. The van der Waals surface area contributed by atoms with Crippen molar-refractivity contribution in [3.8, 4) is 6.07 Å². The number of pyridine rings is 1. The minimum absolute atomic E-state index is 0.263. The Labute approximate surface area is 167 Å². The van der Waals surface area contributed by atoms with E-state index < -0.39 is 5.79 Å². The van der Waals surface area contributed by atoms with Gasteiger partial charge in [0, 0.05) is 41.0 Å². The third-order valence-electron chi connectivity index (χ3n) is 6.00. The molecular formula is C21H21ClN4O2. The number of hydrogen-bond donors (Lipinski definition) is 2. The molecule has 0 radical (unpaired) electrons. The van der Waals surface area contributed by atoms with E-state index in [-0.39, 0.29) is 6.04 Å². The van der Waals surface area contributed by atoms with E-state index in [2.05, 4.69) is 28.3 Å². The van der Waals surface area contributed by atoms with Crippen molar-refractivity contribution in [2.24, 2.45) is 5.92 Å². The van der Waals surface area contributed by atoms with Gasteiger partial charge in [-0.3, -0.25) is 0 Å². The maximum absolute atomic E-state index is 9.50. The van der Waals surface area contributed by atoms with Crippen LogP contribution in [0, 0.1) is 17.2 Å². The number of anilines is 1. The lowest BCUT2D eigenvalue weighted by atomic mass is 9.81. The van der Waals surface area contributed by atoms with Gasteiger partial charge >= 0.3 is 0 Å². The molecule has 3 aromatic rings.